The van der Waals surface area contributed by atoms with E-state index in [2.05, 4.69) is 5.32 Å². The summed E-state index contributed by atoms with van der Waals surface area (Å²) in [5.41, 5.74) is 0.322. The minimum absolute atomic E-state index is 0.0978. The van der Waals surface area contributed by atoms with Crippen LogP contribution in [0, 0.1) is 0 Å². The molecule has 0 radical (unpaired) electrons. The molecule has 9 nitrogen and oxygen atoms in total. The number of phenols is 1. The van der Waals surface area contributed by atoms with Crippen LogP contribution in [-0.4, -0.2) is 44.3 Å². The Labute approximate surface area is 166 Å². The maximum absolute atomic E-state index is 12.9. The van der Waals surface area contributed by atoms with Crippen molar-refractivity contribution in [3.05, 3.63) is 47.5 Å². The van der Waals surface area contributed by atoms with Crippen molar-refractivity contribution in [2.45, 2.75) is 0 Å². The first-order chi connectivity index (χ1) is 13.9. The van der Waals surface area contributed by atoms with Gasteiger partial charge in [0.2, 0.25) is 5.75 Å². The van der Waals surface area contributed by atoms with E-state index in [-0.39, 0.29) is 28.5 Å². The second kappa shape index (κ2) is 7.93. The van der Waals surface area contributed by atoms with Gasteiger partial charge in [-0.25, -0.2) is 9.69 Å². The SMILES string of the molecule is COc1cccc(N2C(=O)NC(=O)C(=Cc3cc(OC)c(O)c(OC)c3)C2=O)c1. The summed E-state index contributed by atoms with van der Waals surface area (Å²) in [5.74, 6) is -1.23. The van der Waals surface area contributed by atoms with E-state index in [4.69, 9.17) is 14.2 Å². The number of aromatic hydroxyl groups is 1. The molecular formula is C20H18N2O7. The number of anilines is 1. The fraction of sp³-hybridized carbons (Fsp3) is 0.150. The van der Waals surface area contributed by atoms with Gasteiger partial charge in [-0.05, 0) is 35.9 Å². The molecule has 29 heavy (non-hydrogen) atoms. The molecule has 0 saturated carbocycles. The molecule has 150 valence electrons. The topological polar surface area (TPSA) is 114 Å². The van der Waals surface area contributed by atoms with E-state index in [1.54, 1.807) is 18.2 Å². The van der Waals surface area contributed by atoms with Gasteiger partial charge in [-0.3, -0.25) is 14.9 Å². The summed E-state index contributed by atoms with van der Waals surface area (Å²) < 4.78 is 15.3. The highest BCUT2D eigenvalue weighted by atomic mass is 16.5. The van der Waals surface area contributed by atoms with Crippen LogP contribution in [0.15, 0.2) is 42.0 Å². The number of nitrogens with zero attached hydrogens (tertiary/aromatic N) is 1. The first-order valence-electron chi connectivity index (χ1n) is 8.40. The monoisotopic (exact) mass is 398 g/mol. The normalized spacial score (nSPS) is 15.3. The quantitative estimate of drug-likeness (QED) is 0.585. The third kappa shape index (κ3) is 3.70. The van der Waals surface area contributed by atoms with Gasteiger partial charge in [-0.2, -0.15) is 0 Å². The molecule has 3 rings (SSSR count). The van der Waals surface area contributed by atoms with Crippen molar-refractivity contribution >= 4 is 29.6 Å². The van der Waals surface area contributed by atoms with E-state index in [9.17, 15) is 19.5 Å². The van der Waals surface area contributed by atoms with Crippen molar-refractivity contribution in [2.24, 2.45) is 0 Å². The molecule has 1 aliphatic rings. The lowest BCUT2D eigenvalue weighted by atomic mass is 10.1. The fourth-order valence-electron chi connectivity index (χ4n) is 2.81. The second-order valence-corrected chi connectivity index (χ2v) is 5.93. The third-order valence-electron chi connectivity index (χ3n) is 4.23. The van der Waals surface area contributed by atoms with Crippen LogP contribution >= 0.6 is 0 Å². The summed E-state index contributed by atoms with van der Waals surface area (Å²) in [5, 5.41) is 12.2. The molecule has 0 spiro atoms. The number of benzene rings is 2. The van der Waals surface area contributed by atoms with Crippen LogP contribution in [0.4, 0.5) is 10.5 Å². The second-order valence-electron chi connectivity index (χ2n) is 5.93. The highest BCUT2D eigenvalue weighted by Crippen LogP contribution is 2.38. The van der Waals surface area contributed by atoms with Crippen molar-refractivity contribution in [3.63, 3.8) is 0 Å². The molecule has 1 saturated heterocycles. The van der Waals surface area contributed by atoms with Crippen molar-refractivity contribution in [1.82, 2.24) is 5.32 Å². The molecule has 0 bridgehead atoms. The standard InChI is InChI=1S/C20H18N2O7/c1-27-13-6-4-5-12(10-13)22-19(25)14(18(24)21-20(22)26)7-11-8-15(28-2)17(23)16(9-11)29-3/h4-10,23H,1-3H3,(H,21,24,26). The molecule has 1 heterocycles. The van der Waals surface area contributed by atoms with Gasteiger partial charge < -0.3 is 19.3 Å². The van der Waals surface area contributed by atoms with E-state index in [0.29, 0.717) is 11.3 Å². The van der Waals surface area contributed by atoms with Gasteiger partial charge in [0.25, 0.3) is 11.8 Å². The Morgan fingerprint density at radius 1 is 0.966 bits per heavy atom. The Morgan fingerprint density at radius 3 is 2.21 bits per heavy atom. The maximum Gasteiger partial charge on any atom is 0.335 e. The van der Waals surface area contributed by atoms with Crippen LogP contribution in [0.5, 0.6) is 23.0 Å². The molecule has 1 aliphatic heterocycles. The summed E-state index contributed by atoms with van der Waals surface area (Å²) in [6, 6.07) is 8.30. The van der Waals surface area contributed by atoms with Gasteiger partial charge in [0.05, 0.1) is 27.0 Å². The molecule has 0 atom stereocenters. The lowest BCUT2D eigenvalue weighted by molar-refractivity contribution is -0.122. The number of amides is 4. The third-order valence-corrected chi connectivity index (χ3v) is 4.23. The molecule has 1 fully saturated rings. The van der Waals surface area contributed by atoms with Crippen molar-refractivity contribution in [2.75, 3.05) is 26.2 Å². The average molecular weight is 398 g/mol. The predicted molar refractivity (Wildman–Crippen MR) is 103 cm³/mol. The van der Waals surface area contributed by atoms with Crippen LogP contribution in [0.1, 0.15) is 5.56 Å². The van der Waals surface area contributed by atoms with Crippen molar-refractivity contribution in [3.8, 4) is 23.0 Å². The highest BCUT2D eigenvalue weighted by Gasteiger charge is 2.37. The lowest BCUT2D eigenvalue weighted by Gasteiger charge is -2.26. The number of barbiturate groups is 1. The molecule has 9 heteroatoms. The molecule has 4 amide bonds. The van der Waals surface area contributed by atoms with Gasteiger partial charge in [0.15, 0.2) is 11.5 Å². The average Bonchev–Trinajstić information content (AvgIpc) is 2.72. The predicted octanol–water partition coefficient (Wildman–Crippen LogP) is 2.08. The number of methoxy groups -OCH3 is 3. The molecule has 0 aromatic heterocycles. The number of carbonyl (C=O) groups is 3. The zero-order chi connectivity index (χ0) is 21.1. The minimum Gasteiger partial charge on any atom is -0.502 e. The number of hydrogen-bond acceptors (Lipinski definition) is 7. The Kier molecular flexibility index (Phi) is 5.40. The zero-order valence-corrected chi connectivity index (χ0v) is 15.9. The number of imide groups is 2. The molecule has 2 N–H and O–H groups in total. The van der Waals surface area contributed by atoms with Gasteiger partial charge in [0, 0.05) is 6.07 Å². The first-order valence-corrected chi connectivity index (χ1v) is 8.40. The fourth-order valence-corrected chi connectivity index (χ4v) is 2.81. The van der Waals surface area contributed by atoms with E-state index in [1.807, 2.05) is 0 Å². The number of carbonyl (C=O) groups excluding carboxylic acids is 3. The van der Waals surface area contributed by atoms with Crippen molar-refractivity contribution < 1.29 is 33.7 Å². The van der Waals surface area contributed by atoms with Crippen LogP contribution in [0.2, 0.25) is 0 Å². The van der Waals surface area contributed by atoms with Gasteiger partial charge >= 0.3 is 6.03 Å². The summed E-state index contributed by atoms with van der Waals surface area (Å²) in [6.45, 7) is 0. The van der Waals surface area contributed by atoms with Crippen molar-refractivity contribution in [1.29, 1.82) is 0 Å². The van der Waals surface area contributed by atoms with E-state index >= 15 is 0 Å². The maximum atomic E-state index is 12.9. The Morgan fingerprint density at radius 2 is 1.62 bits per heavy atom. The summed E-state index contributed by atoms with van der Waals surface area (Å²) in [4.78, 5) is 38.4. The van der Waals surface area contributed by atoms with Crippen LogP contribution in [0.25, 0.3) is 6.08 Å². The summed E-state index contributed by atoms with van der Waals surface area (Å²) in [7, 11) is 4.16. The number of nitrogens with one attached hydrogen (secondary N) is 1. The smallest absolute Gasteiger partial charge is 0.335 e. The van der Waals surface area contributed by atoms with Gasteiger partial charge in [-0.1, -0.05) is 6.07 Å². The van der Waals surface area contributed by atoms with Crippen LogP contribution in [-0.2, 0) is 9.59 Å². The van der Waals surface area contributed by atoms with E-state index < -0.39 is 17.8 Å². The number of phenolic OH excluding ortho intramolecular Hbond substituents is 1. The number of hydrogen-bond donors (Lipinski definition) is 2. The van der Waals surface area contributed by atoms with Gasteiger partial charge in [0.1, 0.15) is 11.3 Å². The lowest BCUT2D eigenvalue weighted by Crippen LogP contribution is -2.54. The largest absolute Gasteiger partial charge is 0.502 e. The molecule has 2 aromatic rings. The van der Waals surface area contributed by atoms with E-state index in [0.717, 1.165) is 4.90 Å². The molecule has 2 aromatic carbocycles. The number of rotatable bonds is 5. The Hall–Kier alpha value is -4.01. The summed E-state index contributed by atoms with van der Waals surface area (Å²) >= 11 is 0. The summed E-state index contributed by atoms with van der Waals surface area (Å²) in [6.07, 6.45) is 1.28. The van der Waals surface area contributed by atoms with Crippen LogP contribution < -0.4 is 24.4 Å². The minimum atomic E-state index is -0.869. The zero-order valence-electron chi connectivity index (χ0n) is 15.9. The first kappa shape index (κ1) is 19.7. The Bertz CT molecular complexity index is 1000. The molecule has 0 unspecified atom stereocenters. The number of urea groups is 1. The van der Waals surface area contributed by atoms with Gasteiger partial charge in [-0.15, -0.1) is 0 Å². The molecule has 0 aliphatic carbocycles. The van der Waals surface area contributed by atoms with E-state index in [1.165, 1.54) is 45.6 Å². The number of ether oxygens (including phenoxy) is 3. The highest BCUT2D eigenvalue weighted by molar-refractivity contribution is 6.39. The molecular weight excluding hydrogens is 380 g/mol. The Balaban J connectivity index is 2.06. The van der Waals surface area contributed by atoms with Crippen LogP contribution in [0.3, 0.4) is 0 Å².